The largest absolute Gasteiger partial charge is 0.337 e. The van der Waals surface area contributed by atoms with Crippen LogP contribution in [0.5, 0.6) is 0 Å². The van der Waals surface area contributed by atoms with Crippen LogP contribution in [-0.2, 0) is 11.2 Å². The molecule has 1 heterocycles. The minimum Gasteiger partial charge on any atom is -0.337 e. The number of carbonyl (C=O) groups is 1. The predicted molar refractivity (Wildman–Crippen MR) is 81.5 cm³/mol. The van der Waals surface area contributed by atoms with Crippen molar-refractivity contribution < 1.29 is 4.79 Å². The first-order valence-electron chi connectivity index (χ1n) is 6.02. The Morgan fingerprint density at radius 1 is 1.47 bits per heavy atom. The van der Waals surface area contributed by atoms with Crippen LogP contribution in [0.3, 0.4) is 0 Å². The fourth-order valence-corrected chi connectivity index (χ4v) is 2.62. The van der Waals surface area contributed by atoms with Crippen molar-refractivity contribution in [2.24, 2.45) is 0 Å². The lowest BCUT2D eigenvalue weighted by Crippen LogP contribution is -2.52. The third kappa shape index (κ3) is 4.25. The van der Waals surface area contributed by atoms with Gasteiger partial charge in [-0.05, 0) is 24.6 Å². The number of nitrogens with one attached hydrogen (secondary N) is 1. The fraction of sp³-hybridized carbons (Fsp3) is 0.462. The summed E-state index contributed by atoms with van der Waals surface area (Å²) >= 11 is 11.9. The summed E-state index contributed by atoms with van der Waals surface area (Å²) in [6.45, 7) is 4.50. The van der Waals surface area contributed by atoms with Crippen molar-refractivity contribution in [1.82, 2.24) is 10.2 Å². The Labute approximate surface area is 129 Å². The van der Waals surface area contributed by atoms with Gasteiger partial charge >= 0.3 is 0 Å². The zero-order valence-electron chi connectivity index (χ0n) is 10.7. The lowest BCUT2D eigenvalue weighted by molar-refractivity contribution is -0.133. The smallest absolute Gasteiger partial charge is 0.227 e. The third-order valence-electron chi connectivity index (χ3n) is 3.18. The van der Waals surface area contributed by atoms with Crippen molar-refractivity contribution in [1.29, 1.82) is 0 Å². The summed E-state index contributed by atoms with van der Waals surface area (Å²) in [7, 11) is 0. The highest BCUT2D eigenvalue weighted by Crippen LogP contribution is 2.22. The molecule has 1 aliphatic heterocycles. The van der Waals surface area contributed by atoms with Crippen molar-refractivity contribution in [3.63, 3.8) is 0 Å². The average molecular weight is 324 g/mol. The molecule has 0 saturated carbocycles. The second kappa shape index (κ2) is 7.34. The van der Waals surface area contributed by atoms with E-state index in [1.807, 2.05) is 17.9 Å². The van der Waals surface area contributed by atoms with Crippen molar-refractivity contribution >= 4 is 41.5 Å². The molecule has 1 saturated heterocycles. The van der Waals surface area contributed by atoms with E-state index in [-0.39, 0.29) is 24.4 Å². The minimum absolute atomic E-state index is 0. The SMILES string of the molecule is CC1CNCCN1C(=O)Cc1ccc(Cl)cc1Cl.Cl. The first-order chi connectivity index (χ1) is 8.58. The zero-order valence-corrected chi connectivity index (χ0v) is 13.0. The molecule has 6 heteroatoms. The van der Waals surface area contributed by atoms with Gasteiger partial charge in [0, 0.05) is 35.7 Å². The van der Waals surface area contributed by atoms with Gasteiger partial charge in [-0.3, -0.25) is 4.79 Å². The number of nitrogens with zero attached hydrogens (tertiary/aromatic N) is 1. The monoisotopic (exact) mass is 322 g/mol. The van der Waals surface area contributed by atoms with Crippen LogP contribution in [0.15, 0.2) is 18.2 Å². The Balaban J connectivity index is 0.00000180. The van der Waals surface area contributed by atoms with E-state index in [1.165, 1.54) is 0 Å². The molecule has 0 aromatic heterocycles. The molecule has 2 rings (SSSR count). The maximum atomic E-state index is 12.2. The Morgan fingerprint density at radius 2 is 2.21 bits per heavy atom. The maximum absolute atomic E-state index is 12.2. The van der Waals surface area contributed by atoms with Crippen molar-refractivity contribution in [2.75, 3.05) is 19.6 Å². The fourth-order valence-electron chi connectivity index (χ4n) is 2.14. The number of piperazine rings is 1. The molecular weight excluding hydrogens is 307 g/mol. The number of hydrogen-bond donors (Lipinski definition) is 1. The standard InChI is InChI=1S/C13H16Cl2N2O.ClH/c1-9-8-16-4-5-17(9)13(18)6-10-2-3-11(14)7-12(10)15;/h2-3,7,9,16H,4-6,8H2,1H3;1H. The molecule has 1 aromatic rings. The topological polar surface area (TPSA) is 32.3 Å². The first-order valence-corrected chi connectivity index (χ1v) is 6.77. The van der Waals surface area contributed by atoms with Gasteiger partial charge in [0.1, 0.15) is 0 Å². The Bertz CT molecular complexity index is 454. The van der Waals surface area contributed by atoms with Crippen molar-refractivity contribution in [3.8, 4) is 0 Å². The van der Waals surface area contributed by atoms with E-state index >= 15 is 0 Å². The molecule has 1 aliphatic rings. The van der Waals surface area contributed by atoms with Gasteiger partial charge in [0.25, 0.3) is 0 Å². The lowest BCUT2D eigenvalue weighted by atomic mass is 10.1. The van der Waals surface area contributed by atoms with E-state index in [2.05, 4.69) is 5.32 Å². The number of hydrogen-bond acceptors (Lipinski definition) is 2. The summed E-state index contributed by atoms with van der Waals surface area (Å²) in [5, 5.41) is 4.41. The van der Waals surface area contributed by atoms with Crippen LogP contribution < -0.4 is 5.32 Å². The molecule has 0 radical (unpaired) electrons. The van der Waals surface area contributed by atoms with E-state index in [0.717, 1.165) is 25.2 Å². The van der Waals surface area contributed by atoms with Crippen LogP contribution in [0.25, 0.3) is 0 Å². The summed E-state index contributed by atoms with van der Waals surface area (Å²) in [6, 6.07) is 5.48. The molecular formula is C13H17Cl3N2O. The highest BCUT2D eigenvalue weighted by Gasteiger charge is 2.23. The van der Waals surface area contributed by atoms with Crippen LogP contribution >= 0.6 is 35.6 Å². The summed E-state index contributed by atoms with van der Waals surface area (Å²) in [5.41, 5.74) is 0.830. The lowest BCUT2D eigenvalue weighted by Gasteiger charge is -2.34. The van der Waals surface area contributed by atoms with Crippen LogP contribution in [0.4, 0.5) is 0 Å². The molecule has 1 amide bonds. The van der Waals surface area contributed by atoms with E-state index in [4.69, 9.17) is 23.2 Å². The van der Waals surface area contributed by atoms with E-state index in [1.54, 1.807) is 12.1 Å². The summed E-state index contributed by atoms with van der Waals surface area (Å²) in [4.78, 5) is 14.1. The first kappa shape index (κ1) is 16.6. The van der Waals surface area contributed by atoms with Crippen molar-refractivity contribution in [3.05, 3.63) is 33.8 Å². The molecule has 106 valence electrons. The van der Waals surface area contributed by atoms with Gasteiger partial charge in [-0.2, -0.15) is 0 Å². The van der Waals surface area contributed by atoms with Crippen LogP contribution in [0.1, 0.15) is 12.5 Å². The second-order valence-electron chi connectivity index (χ2n) is 4.55. The average Bonchev–Trinajstić information content (AvgIpc) is 2.33. The number of amides is 1. The van der Waals surface area contributed by atoms with Crippen LogP contribution in [0, 0.1) is 0 Å². The molecule has 0 spiro atoms. The quantitative estimate of drug-likeness (QED) is 0.907. The summed E-state index contributed by atoms with van der Waals surface area (Å²) in [5.74, 6) is 0.119. The second-order valence-corrected chi connectivity index (χ2v) is 5.40. The molecule has 1 unspecified atom stereocenters. The number of rotatable bonds is 2. The Morgan fingerprint density at radius 3 is 2.84 bits per heavy atom. The molecule has 0 bridgehead atoms. The van der Waals surface area contributed by atoms with Gasteiger partial charge < -0.3 is 10.2 Å². The third-order valence-corrected chi connectivity index (χ3v) is 3.77. The molecule has 1 atom stereocenters. The molecule has 1 fully saturated rings. The van der Waals surface area contributed by atoms with Crippen LogP contribution in [-0.4, -0.2) is 36.5 Å². The van der Waals surface area contributed by atoms with E-state index in [0.29, 0.717) is 16.5 Å². The van der Waals surface area contributed by atoms with Gasteiger partial charge in [0.15, 0.2) is 0 Å². The molecule has 0 aliphatic carbocycles. The molecule has 19 heavy (non-hydrogen) atoms. The Hall–Kier alpha value is -0.480. The van der Waals surface area contributed by atoms with E-state index < -0.39 is 0 Å². The Kier molecular flexibility index (Phi) is 6.40. The van der Waals surface area contributed by atoms with Gasteiger partial charge in [0.05, 0.1) is 6.42 Å². The molecule has 1 aromatic carbocycles. The summed E-state index contributed by atoms with van der Waals surface area (Å²) in [6.07, 6.45) is 0.334. The normalized spacial score (nSPS) is 18.9. The predicted octanol–water partition coefficient (Wildman–Crippen LogP) is 2.78. The highest BCUT2D eigenvalue weighted by molar-refractivity contribution is 6.35. The van der Waals surface area contributed by atoms with Gasteiger partial charge in [-0.15, -0.1) is 12.4 Å². The van der Waals surface area contributed by atoms with Gasteiger partial charge in [-0.25, -0.2) is 0 Å². The number of halogens is 3. The van der Waals surface area contributed by atoms with E-state index in [9.17, 15) is 4.79 Å². The van der Waals surface area contributed by atoms with Crippen LogP contribution in [0.2, 0.25) is 10.0 Å². The van der Waals surface area contributed by atoms with Gasteiger partial charge in [0.2, 0.25) is 5.91 Å². The van der Waals surface area contributed by atoms with Crippen molar-refractivity contribution in [2.45, 2.75) is 19.4 Å². The number of benzene rings is 1. The zero-order chi connectivity index (χ0) is 13.1. The molecule has 1 N–H and O–H groups in total. The highest BCUT2D eigenvalue weighted by atomic mass is 35.5. The summed E-state index contributed by atoms with van der Waals surface area (Å²) < 4.78 is 0. The minimum atomic E-state index is 0. The van der Waals surface area contributed by atoms with Gasteiger partial charge in [-0.1, -0.05) is 29.3 Å². The maximum Gasteiger partial charge on any atom is 0.227 e. The number of carbonyl (C=O) groups excluding carboxylic acids is 1. The molecule has 3 nitrogen and oxygen atoms in total.